The largest absolute Gasteiger partial charge is 0.481 e. The summed E-state index contributed by atoms with van der Waals surface area (Å²) in [6, 6.07) is 15.6. The average Bonchev–Trinajstić information content (AvgIpc) is 3.18. The van der Waals surface area contributed by atoms with Crippen molar-refractivity contribution in [3.05, 3.63) is 64.7 Å². The lowest BCUT2D eigenvalue weighted by Gasteiger charge is -2.18. The van der Waals surface area contributed by atoms with Crippen molar-refractivity contribution in [1.82, 2.24) is 10.2 Å². The fourth-order valence-corrected chi connectivity index (χ4v) is 3.47. The van der Waals surface area contributed by atoms with Gasteiger partial charge in [0.15, 0.2) is 6.10 Å². The predicted octanol–water partition coefficient (Wildman–Crippen LogP) is 4.41. The first-order valence-electron chi connectivity index (χ1n) is 9.64. The van der Waals surface area contributed by atoms with Crippen LogP contribution in [0.1, 0.15) is 37.3 Å². The van der Waals surface area contributed by atoms with Gasteiger partial charge < -0.3 is 10.1 Å². The van der Waals surface area contributed by atoms with Gasteiger partial charge in [0.05, 0.1) is 0 Å². The van der Waals surface area contributed by atoms with E-state index >= 15 is 0 Å². The van der Waals surface area contributed by atoms with Gasteiger partial charge in [-0.1, -0.05) is 48.9 Å². The molecule has 1 N–H and O–H groups in total. The highest BCUT2D eigenvalue weighted by Gasteiger charge is 2.18. The number of hydrogen-bond donors (Lipinski definition) is 1. The molecule has 1 amide bonds. The quantitative estimate of drug-likeness (QED) is 0.730. The van der Waals surface area contributed by atoms with Crippen molar-refractivity contribution >= 4 is 17.5 Å². The fraction of sp³-hybridized carbons (Fsp3) is 0.409. The first-order valence-corrected chi connectivity index (χ1v) is 10.0. The Morgan fingerprint density at radius 2 is 1.85 bits per heavy atom. The van der Waals surface area contributed by atoms with Gasteiger partial charge in [-0.15, -0.1) is 0 Å². The Hall–Kier alpha value is -2.04. The zero-order valence-electron chi connectivity index (χ0n) is 15.8. The number of hydrogen-bond acceptors (Lipinski definition) is 3. The fourth-order valence-electron chi connectivity index (χ4n) is 3.29. The van der Waals surface area contributed by atoms with Crippen LogP contribution in [-0.2, 0) is 17.9 Å². The summed E-state index contributed by atoms with van der Waals surface area (Å²) in [6.45, 7) is 5.84. The Labute approximate surface area is 166 Å². The van der Waals surface area contributed by atoms with Crippen molar-refractivity contribution < 1.29 is 9.53 Å². The molecule has 1 saturated heterocycles. The standard InChI is InChI=1S/C22H27ClN2O2/c1-2-21(27-20-7-5-6-19(23)14-20)22(26)24-15-17-8-10-18(11-9-17)16-25-12-3-4-13-25/h5-11,14,21H,2-4,12-13,15-16H2,1H3,(H,24,26). The summed E-state index contributed by atoms with van der Waals surface area (Å²) in [5, 5.41) is 3.56. The number of halogens is 1. The van der Waals surface area contributed by atoms with Gasteiger partial charge in [0.1, 0.15) is 5.75 Å². The summed E-state index contributed by atoms with van der Waals surface area (Å²) < 4.78 is 5.79. The van der Waals surface area contributed by atoms with Gasteiger partial charge in [-0.3, -0.25) is 9.69 Å². The molecule has 3 rings (SSSR count). The molecule has 2 aromatic rings. The highest BCUT2D eigenvalue weighted by Crippen LogP contribution is 2.19. The number of nitrogens with zero attached hydrogens (tertiary/aromatic N) is 1. The molecule has 1 atom stereocenters. The van der Waals surface area contributed by atoms with Crippen molar-refractivity contribution in [2.45, 2.75) is 45.4 Å². The van der Waals surface area contributed by atoms with Crippen LogP contribution in [0, 0.1) is 0 Å². The second-order valence-electron chi connectivity index (χ2n) is 6.99. The van der Waals surface area contributed by atoms with Gasteiger partial charge in [0.25, 0.3) is 5.91 Å². The Morgan fingerprint density at radius 3 is 2.52 bits per heavy atom. The molecule has 0 aliphatic carbocycles. The van der Waals surface area contributed by atoms with E-state index < -0.39 is 6.10 Å². The minimum atomic E-state index is -0.530. The number of rotatable bonds is 8. The van der Waals surface area contributed by atoms with Gasteiger partial charge in [-0.25, -0.2) is 0 Å². The van der Waals surface area contributed by atoms with Crippen LogP contribution in [0.2, 0.25) is 5.02 Å². The number of benzene rings is 2. The van der Waals surface area contributed by atoms with E-state index in [1.54, 1.807) is 18.2 Å². The maximum atomic E-state index is 12.5. The van der Waals surface area contributed by atoms with E-state index in [0.29, 0.717) is 23.7 Å². The number of likely N-dealkylation sites (tertiary alicyclic amines) is 1. The van der Waals surface area contributed by atoms with Crippen LogP contribution >= 0.6 is 11.6 Å². The first kappa shape index (κ1) is 19.7. The summed E-state index contributed by atoms with van der Waals surface area (Å²) in [7, 11) is 0. The number of amides is 1. The third-order valence-electron chi connectivity index (χ3n) is 4.83. The van der Waals surface area contributed by atoms with Crippen molar-refractivity contribution in [3.63, 3.8) is 0 Å². The molecule has 0 saturated carbocycles. The SMILES string of the molecule is CCC(Oc1cccc(Cl)c1)C(=O)NCc1ccc(CN2CCCC2)cc1. The smallest absolute Gasteiger partial charge is 0.261 e. The van der Waals surface area contributed by atoms with Crippen molar-refractivity contribution in [1.29, 1.82) is 0 Å². The van der Waals surface area contributed by atoms with Crippen LogP contribution in [0.4, 0.5) is 0 Å². The van der Waals surface area contributed by atoms with Crippen LogP contribution in [0.25, 0.3) is 0 Å². The van der Waals surface area contributed by atoms with E-state index in [4.69, 9.17) is 16.3 Å². The van der Waals surface area contributed by atoms with E-state index in [0.717, 1.165) is 12.1 Å². The molecule has 0 bridgehead atoms. The normalized spacial score (nSPS) is 15.5. The molecular formula is C22H27ClN2O2. The number of carbonyl (C=O) groups is 1. The Bertz CT molecular complexity index is 742. The minimum Gasteiger partial charge on any atom is -0.481 e. The van der Waals surface area contributed by atoms with Crippen LogP contribution in [0.5, 0.6) is 5.75 Å². The summed E-state index contributed by atoms with van der Waals surface area (Å²) in [5.74, 6) is 0.495. The maximum absolute atomic E-state index is 12.5. The molecule has 1 aliphatic rings. The zero-order chi connectivity index (χ0) is 19.1. The van der Waals surface area contributed by atoms with E-state index in [1.165, 1.54) is 31.5 Å². The summed E-state index contributed by atoms with van der Waals surface area (Å²) in [6.07, 6.45) is 2.67. The van der Waals surface area contributed by atoms with E-state index in [-0.39, 0.29) is 5.91 Å². The lowest BCUT2D eigenvalue weighted by molar-refractivity contribution is -0.128. The number of nitrogens with one attached hydrogen (secondary N) is 1. The molecule has 144 valence electrons. The molecule has 0 radical (unpaired) electrons. The predicted molar refractivity (Wildman–Crippen MR) is 109 cm³/mol. The summed E-state index contributed by atoms with van der Waals surface area (Å²) >= 11 is 5.97. The average molecular weight is 387 g/mol. The van der Waals surface area contributed by atoms with Gasteiger partial charge in [0.2, 0.25) is 0 Å². The molecule has 27 heavy (non-hydrogen) atoms. The molecule has 1 aliphatic heterocycles. The Morgan fingerprint density at radius 1 is 1.15 bits per heavy atom. The van der Waals surface area contributed by atoms with Gasteiger partial charge in [0, 0.05) is 18.1 Å². The highest BCUT2D eigenvalue weighted by molar-refractivity contribution is 6.30. The van der Waals surface area contributed by atoms with Crippen molar-refractivity contribution in [3.8, 4) is 5.75 Å². The van der Waals surface area contributed by atoms with Gasteiger partial charge in [-0.2, -0.15) is 0 Å². The molecule has 5 heteroatoms. The summed E-state index contributed by atoms with van der Waals surface area (Å²) in [4.78, 5) is 14.9. The van der Waals surface area contributed by atoms with Crippen LogP contribution in [-0.4, -0.2) is 30.0 Å². The third kappa shape index (κ3) is 5.98. The van der Waals surface area contributed by atoms with Gasteiger partial charge >= 0.3 is 0 Å². The monoisotopic (exact) mass is 386 g/mol. The number of ether oxygens (including phenoxy) is 1. The minimum absolute atomic E-state index is 0.112. The van der Waals surface area contributed by atoms with E-state index in [9.17, 15) is 4.79 Å². The van der Waals surface area contributed by atoms with Crippen molar-refractivity contribution in [2.24, 2.45) is 0 Å². The molecule has 1 unspecified atom stereocenters. The van der Waals surface area contributed by atoms with E-state index in [1.807, 2.05) is 13.0 Å². The van der Waals surface area contributed by atoms with Gasteiger partial charge in [-0.05, 0) is 61.7 Å². The lowest BCUT2D eigenvalue weighted by Crippen LogP contribution is -2.37. The second-order valence-corrected chi connectivity index (χ2v) is 7.43. The van der Waals surface area contributed by atoms with Crippen LogP contribution in [0.15, 0.2) is 48.5 Å². The zero-order valence-corrected chi connectivity index (χ0v) is 16.5. The molecule has 0 aromatic heterocycles. The lowest BCUT2D eigenvalue weighted by atomic mass is 10.1. The van der Waals surface area contributed by atoms with Crippen LogP contribution in [0.3, 0.4) is 0 Å². The topological polar surface area (TPSA) is 41.6 Å². The molecular weight excluding hydrogens is 360 g/mol. The highest BCUT2D eigenvalue weighted by atomic mass is 35.5. The maximum Gasteiger partial charge on any atom is 0.261 e. The molecule has 1 heterocycles. The van der Waals surface area contributed by atoms with Crippen molar-refractivity contribution in [2.75, 3.05) is 13.1 Å². The second kappa shape index (κ2) is 9.77. The van der Waals surface area contributed by atoms with Crippen LogP contribution < -0.4 is 10.1 Å². The molecule has 2 aromatic carbocycles. The Balaban J connectivity index is 1.49. The third-order valence-corrected chi connectivity index (χ3v) is 5.07. The molecule has 0 spiro atoms. The van der Waals surface area contributed by atoms with E-state index in [2.05, 4.69) is 34.5 Å². The Kier molecular flexibility index (Phi) is 7.13. The molecule has 4 nitrogen and oxygen atoms in total. The number of carbonyl (C=O) groups excluding carboxylic acids is 1. The summed E-state index contributed by atoms with van der Waals surface area (Å²) in [5.41, 5.74) is 2.41. The molecule has 1 fully saturated rings. The first-order chi connectivity index (χ1) is 13.1.